The summed E-state index contributed by atoms with van der Waals surface area (Å²) in [6, 6.07) is 17.7. The van der Waals surface area contributed by atoms with Crippen molar-refractivity contribution in [3.05, 3.63) is 71.9 Å². The van der Waals surface area contributed by atoms with Crippen molar-refractivity contribution in [2.45, 2.75) is 0 Å². The van der Waals surface area contributed by atoms with Crippen LogP contribution >= 0.6 is 0 Å². The summed E-state index contributed by atoms with van der Waals surface area (Å²) in [5.74, 6) is 3.19. The highest BCUT2D eigenvalue weighted by Gasteiger charge is 1.98. The minimum atomic E-state index is 0.255. The monoisotopic (exact) mass is 261 g/mol. The lowest BCUT2D eigenvalue weighted by molar-refractivity contribution is 0.370. The standard InChI is InChI=1S/C18H15NO/c1-2-14-20-18-11-7-6-10-17(18)15-19-13-12-16-8-4-3-5-9-16/h1,3-13,15H,14H2/b13-12-,19-15?. The van der Waals surface area contributed by atoms with E-state index in [2.05, 4.69) is 10.9 Å². The lowest BCUT2D eigenvalue weighted by atomic mass is 10.2. The molecule has 0 aliphatic carbocycles. The minimum absolute atomic E-state index is 0.255. The van der Waals surface area contributed by atoms with Crippen LogP contribution in [0.1, 0.15) is 11.1 Å². The van der Waals surface area contributed by atoms with Crippen molar-refractivity contribution in [3.63, 3.8) is 0 Å². The molecule has 2 rings (SSSR count). The Morgan fingerprint density at radius 2 is 1.80 bits per heavy atom. The summed E-state index contributed by atoms with van der Waals surface area (Å²) in [5.41, 5.74) is 2.02. The number of ether oxygens (including phenoxy) is 1. The zero-order valence-electron chi connectivity index (χ0n) is 11.1. The van der Waals surface area contributed by atoms with Gasteiger partial charge < -0.3 is 4.74 Å². The number of hydrogen-bond donors (Lipinski definition) is 0. The Kier molecular flexibility index (Phi) is 5.18. The first-order valence-corrected chi connectivity index (χ1v) is 6.30. The van der Waals surface area contributed by atoms with Gasteiger partial charge in [-0.05, 0) is 23.8 Å². The molecular weight excluding hydrogens is 246 g/mol. The van der Waals surface area contributed by atoms with E-state index in [-0.39, 0.29) is 6.61 Å². The summed E-state index contributed by atoms with van der Waals surface area (Å²) in [5, 5.41) is 0. The molecule has 2 heteroatoms. The Labute approximate surface area is 119 Å². The zero-order valence-corrected chi connectivity index (χ0v) is 11.1. The van der Waals surface area contributed by atoms with Crippen LogP contribution < -0.4 is 4.74 Å². The molecule has 0 bridgehead atoms. The molecule has 0 fully saturated rings. The van der Waals surface area contributed by atoms with Crippen molar-refractivity contribution in [1.82, 2.24) is 0 Å². The predicted molar refractivity (Wildman–Crippen MR) is 83.8 cm³/mol. The Morgan fingerprint density at radius 3 is 2.60 bits per heavy atom. The van der Waals surface area contributed by atoms with Gasteiger partial charge in [-0.3, -0.25) is 4.99 Å². The van der Waals surface area contributed by atoms with Gasteiger partial charge in [-0.2, -0.15) is 0 Å². The summed E-state index contributed by atoms with van der Waals surface area (Å²) >= 11 is 0. The van der Waals surface area contributed by atoms with Gasteiger partial charge in [0.25, 0.3) is 0 Å². The van der Waals surface area contributed by atoms with E-state index in [1.165, 1.54) is 0 Å². The topological polar surface area (TPSA) is 21.6 Å². The van der Waals surface area contributed by atoms with E-state index in [1.807, 2.05) is 60.7 Å². The van der Waals surface area contributed by atoms with Crippen LogP contribution in [0, 0.1) is 12.3 Å². The number of benzene rings is 2. The van der Waals surface area contributed by atoms with Crippen LogP contribution in [0.2, 0.25) is 0 Å². The van der Waals surface area contributed by atoms with Crippen LogP contribution in [-0.4, -0.2) is 12.8 Å². The van der Waals surface area contributed by atoms with Gasteiger partial charge in [0.1, 0.15) is 12.4 Å². The molecule has 0 N–H and O–H groups in total. The molecule has 0 atom stereocenters. The van der Waals surface area contributed by atoms with Crippen LogP contribution in [0.15, 0.2) is 65.8 Å². The van der Waals surface area contributed by atoms with E-state index in [1.54, 1.807) is 12.4 Å². The fraction of sp³-hybridized carbons (Fsp3) is 0.0556. The van der Waals surface area contributed by atoms with E-state index in [9.17, 15) is 0 Å². The van der Waals surface area contributed by atoms with Gasteiger partial charge in [0.05, 0.1) is 0 Å². The van der Waals surface area contributed by atoms with Gasteiger partial charge in [-0.25, -0.2) is 0 Å². The first kappa shape index (κ1) is 13.6. The third-order valence-corrected chi connectivity index (χ3v) is 2.60. The fourth-order valence-corrected chi connectivity index (χ4v) is 1.65. The molecule has 0 heterocycles. The molecule has 0 amide bonds. The minimum Gasteiger partial charge on any atom is -0.480 e. The number of rotatable bonds is 5. The maximum atomic E-state index is 5.45. The lowest BCUT2D eigenvalue weighted by Crippen LogP contribution is -1.96. The Bertz CT molecular complexity index is 636. The fourth-order valence-electron chi connectivity index (χ4n) is 1.65. The SMILES string of the molecule is C#CCOc1ccccc1C=N/C=C\c1ccccc1. The highest BCUT2D eigenvalue weighted by atomic mass is 16.5. The molecule has 0 saturated carbocycles. The van der Waals surface area contributed by atoms with E-state index < -0.39 is 0 Å². The second-order valence-corrected chi connectivity index (χ2v) is 4.04. The zero-order chi connectivity index (χ0) is 14.0. The molecule has 0 radical (unpaired) electrons. The maximum absolute atomic E-state index is 5.45. The maximum Gasteiger partial charge on any atom is 0.148 e. The molecule has 0 aromatic heterocycles. The van der Waals surface area contributed by atoms with Crippen molar-refractivity contribution < 1.29 is 4.74 Å². The molecule has 98 valence electrons. The number of hydrogen-bond acceptors (Lipinski definition) is 2. The van der Waals surface area contributed by atoms with Crippen LogP contribution in [0.3, 0.4) is 0 Å². The number of terminal acetylenes is 1. The molecule has 0 unspecified atom stereocenters. The highest BCUT2D eigenvalue weighted by Crippen LogP contribution is 2.15. The van der Waals surface area contributed by atoms with Gasteiger partial charge in [0.2, 0.25) is 0 Å². The van der Waals surface area contributed by atoms with E-state index in [0.29, 0.717) is 0 Å². The average molecular weight is 261 g/mol. The molecule has 0 aliphatic heterocycles. The summed E-state index contributed by atoms with van der Waals surface area (Å²) in [7, 11) is 0. The second kappa shape index (κ2) is 7.60. The third kappa shape index (κ3) is 4.15. The largest absolute Gasteiger partial charge is 0.480 e. The van der Waals surface area contributed by atoms with Crippen LogP contribution in [0.5, 0.6) is 5.75 Å². The van der Waals surface area contributed by atoms with Crippen molar-refractivity contribution in [1.29, 1.82) is 0 Å². The Morgan fingerprint density at radius 1 is 1.05 bits per heavy atom. The predicted octanol–water partition coefficient (Wildman–Crippen LogP) is 3.79. The average Bonchev–Trinajstić information content (AvgIpc) is 2.51. The quantitative estimate of drug-likeness (QED) is 0.592. The van der Waals surface area contributed by atoms with Gasteiger partial charge in [-0.1, -0.05) is 48.4 Å². The lowest BCUT2D eigenvalue weighted by Gasteiger charge is -2.04. The van der Waals surface area contributed by atoms with Gasteiger partial charge in [0, 0.05) is 18.0 Å². The van der Waals surface area contributed by atoms with Crippen molar-refractivity contribution in [2.24, 2.45) is 4.99 Å². The molecule has 0 aliphatic rings. The normalized spacial score (nSPS) is 10.8. The van der Waals surface area contributed by atoms with E-state index >= 15 is 0 Å². The van der Waals surface area contributed by atoms with Gasteiger partial charge in [-0.15, -0.1) is 6.42 Å². The second-order valence-electron chi connectivity index (χ2n) is 4.04. The van der Waals surface area contributed by atoms with E-state index in [4.69, 9.17) is 11.2 Å². The summed E-state index contributed by atoms with van der Waals surface area (Å²) < 4.78 is 5.45. The molecule has 2 nitrogen and oxygen atoms in total. The smallest absolute Gasteiger partial charge is 0.148 e. The Balaban J connectivity index is 2.04. The summed E-state index contributed by atoms with van der Waals surface area (Å²) in [6.07, 6.45) is 10.7. The van der Waals surface area contributed by atoms with Crippen molar-refractivity contribution >= 4 is 12.3 Å². The van der Waals surface area contributed by atoms with E-state index in [0.717, 1.165) is 16.9 Å². The first-order valence-electron chi connectivity index (χ1n) is 6.30. The number of nitrogens with zero attached hydrogens (tertiary/aromatic N) is 1. The molecule has 2 aromatic rings. The summed E-state index contributed by atoms with van der Waals surface area (Å²) in [4.78, 5) is 4.27. The van der Waals surface area contributed by atoms with Gasteiger partial charge in [0.15, 0.2) is 0 Å². The van der Waals surface area contributed by atoms with Crippen LogP contribution in [0.4, 0.5) is 0 Å². The number of aliphatic imine (C=N–C) groups is 1. The van der Waals surface area contributed by atoms with Crippen LogP contribution in [0.25, 0.3) is 6.08 Å². The highest BCUT2D eigenvalue weighted by molar-refractivity contribution is 5.84. The first-order chi connectivity index (χ1) is 9.90. The molecule has 0 saturated heterocycles. The van der Waals surface area contributed by atoms with Crippen LogP contribution in [-0.2, 0) is 0 Å². The number of para-hydroxylation sites is 1. The molecule has 0 spiro atoms. The van der Waals surface area contributed by atoms with Crippen molar-refractivity contribution in [2.75, 3.05) is 6.61 Å². The third-order valence-electron chi connectivity index (χ3n) is 2.60. The Hall–Kier alpha value is -2.79. The van der Waals surface area contributed by atoms with Crippen molar-refractivity contribution in [3.8, 4) is 18.1 Å². The summed E-state index contributed by atoms with van der Waals surface area (Å²) in [6.45, 7) is 0.255. The molecule has 2 aromatic carbocycles. The molecule has 20 heavy (non-hydrogen) atoms. The molecular formula is C18H15NO. The van der Waals surface area contributed by atoms with Gasteiger partial charge >= 0.3 is 0 Å².